The second kappa shape index (κ2) is 3.91. The molecule has 0 aliphatic rings. The molecule has 0 aliphatic carbocycles. The van der Waals surface area contributed by atoms with E-state index >= 15 is 0 Å². The molecule has 0 unspecified atom stereocenters. The fourth-order valence-corrected chi connectivity index (χ4v) is 2.28. The van der Waals surface area contributed by atoms with E-state index < -0.39 is 0 Å². The maximum absolute atomic E-state index is 6.24. The van der Waals surface area contributed by atoms with E-state index in [9.17, 15) is 0 Å². The Kier molecular flexibility index (Phi) is 2.37. The first-order valence-electron chi connectivity index (χ1n) is 6.09. The second-order valence-electron chi connectivity index (χ2n) is 4.75. The zero-order valence-corrected chi connectivity index (χ0v) is 10.6. The van der Waals surface area contributed by atoms with Crippen LogP contribution in [0.2, 0.25) is 0 Å². The molecule has 0 fully saturated rings. The SMILES string of the molecule is Cc1ccc(-c2cn3ccccc3c2N)cc1C. The lowest BCUT2D eigenvalue weighted by Crippen LogP contribution is -1.88. The molecule has 18 heavy (non-hydrogen) atoms. The molecule has 1 aromatic carbocycles. The summed E-state index contributed by atoms with van der Waals surface area (Å²) in [5.74, 6) is 0. The standard InChI is InChI=1S/C16H16N2/c1-11-6-7-13(9-12(11)2)14-10-18-8-4-3-5-15(18)16(14)17/h3-10H,17H2,1-2H3. The number of aromatic nitrogens is 1. The van der Waals surface area contributed by atoms with Crippen LogP contribution in [-0.2, 0) is 0 Å². The van der Waals surface area contributed by atoms with Crippen LogP contribution in [0.3, 0.4) is 0 Å². The molecule has 2 heterocycles. The molecular weight excluding hydrogens is 220 g/mol. The van der Waals surface area contributed by atoms with Crippen molar-refractivity contribution in [2.24, 2.45) is 0 Å². The number of nitrogens with zero attached hydrogens (tertiary/aromatic N) is 1. The van der Waals surface area contributed by atoms with Gasteiger partial charge in [0.25, 0.3) is 0 Å². The monoisotopic (exact) mass is 236 g/mol. The lowest BCUT2D eigenvalue weighted by Gasteiger charge is -2.04. The summed E-state index contributed by atoms with van der Waals surface area (Å²) in [6, 6.07) is 12.5. The minimum absolute atomic E-state index is 0.846. The van der Waals surface area contributed by atoms with Crippen LogP contribution < -0.4 is 5.73 Å². The Labute approximate surface area is 107 Å². The van der Waals surface area contributed by atoms with Gasteiger partial charge >= 0.3 is 0 Å². The lowest BCUT2D eigenvalue weighted by atomic mass is 10.0. The third-order valence-electron chi connectivity index (χ3n) is 3.54. The smallest absolute Gasteiger partial charge is 0.0687 e. The van der Waals surface area contributed by atoms with E-state index in [0.717, 1.165) is 16.8 Å². The largest absolute Gasteiger partial charge is 0.396 e. The highest BCUT2D eigenvalue weighted by atomic mass is 14.9. The molecule has 0 radical (unpaired) electrons. The van der Waals surface area contributed by atoms with E-state index in [0.29, 0.717) is 0 Å². The number of hydrogen-bond donors (Lipinski definition) is 1. The van der Waals surface area contributed by atoms with Crippen LogP contribution in [0, 0.1) is 13.8 Å². The predicted octanol–water partition coefficient (Wildman–Crippen LogP) is 3.81. The average Bonchev–Trinajstić information content (AvgIpc) is 2.71. The molecule has 0 aliphatic heterocycles. The van der Waals surface area contributed by atoms with Gasteiger partial charge in [-0.2, -0.15) is 0 Å². The summed E-state index contributed by atoms with van der Waals surface area (Å²) in [5, 5.41) is 0. The molecule has 2 N–H and O–H groups in total. The number of nitrogens with two attached hydrogens (primary N) is 1. The number of pyridine rings is 1. The quantitative estimate of drug-likeness (QED) is 0.684. The highest BCUT2D eigenvalue weighted by Crippen LogP contribution is 2.31. The maximum atomic E-state index is 6.24. The minimum Gasteiger partial charge on any atom is -0.396 e. The number of anilines is 1. The van der Waals surface area contributed by atoms with Crippen LogP contribution in [0.15, 0.2) is 48.8 Å². The Bertz CT molecular complexity index is 723. The third kappa shape index (κ3) is 1.58. The Morgan fingerprint density at radius 3 is 2.56 bits per heavy atom. The summed E-state index contributed by atoms with van der Waals surface area (Å²) < 4.78 is 2.07. The van der Waals surface area contributed by atoms with Crippen LogP contribution in [0.5, 0.6) is 0 Å². The molecule has 2 aromatic heterocycles. The molecule has 0 amide bonds. The van der Waals surface area contributed by atoms with Gasteiger partial charge in [-0.25, -0.2) is 0 Å². The van der Waals surface area contributed by atoms with Crippen molar-refractivity contribution in [2.75, 3.05) is 5.73 Å². The summed E-state index contributed by atoms with van der Waals surface area (Å²) in [4.78, 5) is 0. The van der Waals surface area contributed by atoms with Crippen molar-refractivity contribution in [3.05, 3.63) is 59.9 Å². The minimum atomic E-state index is 0.846. The number of nitrogen functional groups attached to an aromatic ring is 1. The molecular formula is C16H16N2. The molecule has 3 aromatic rings. The summed E-state index contributed by atoms with van der Waals surface area (Å²) in [7, 11) is 0. The van der Waals surface area contributed by atoms with Crippen LogP contribution in [0.4, 0.5) is 5.69 Å². The van der Waals surface area contributed by atoms with Crippen LogP contribution in [0.25, 0.3) is 16.6 Å². The molecule has 2 nitrogen and oxygen atoms in total. The number of fused-ring (bicyclic) bond motifs is 1. The van der Waals surface area contributed by atoms with Gasteiger partial charge in [-0.05, 0) is 42.7 Å². The van der Waals surface area contributed by atoms with E-state index in [-0.39, 0.29) is 0 Å². The summed E-state index contributed by atoms with van der Waals surface area (Å²) in [6.07, 6.45) is 4.12. The highest BCUT2D eigenvalue weighted by molar-refractivity contribution is 5.88. The zero-order valence-electron chi connectivity index (χ0n) is 10.6. The molecule has 0 saturated heterocycles. The molecule has 0 spiro atoms. The van der Waals surface area contributed by atoms with Gasteiger partial charge in [-0.1, -0.05) is 24.3 Å². The van der Waals surface area contributed by atoms with Crippen LogP contribution in [-0.4, -0.2) is 4.40 Å². The van der Waals surface area contributed by atoms with E-state index in [1.54, 1.807) is 0 Å². The first kappa shape index (κ1) is 10.9. The normalized spacial score (nSPS) is 11.0. The fourth-order valence-electron chi connectivity index (χ4n) is 2.28. The van der Waals surface area contributed by atoms with Crippen LogP contribution >= 0.6 is 0 Å². The van der Waals surface area contributed by atoms with Gasteiger partial charge < -0.3 is 10.1 Å². The van der Waals surface area contributed by atoms with Gasteiger partial charge in [-0.3, -0.25) is 0 Å². The van der Waals surface area contributed by atoms with Gasteiger partial charge in [0.05, 0.1) is 11.2 Å². The number of rotatable bonds is 1. The molecule has 2 heteroatoms. The number of hydrogen-bond acceptors (Lipinski definition) is 1. The highest BCUT2D eigenvalue weighted by Gasteiger charge is 2.09. The van der Waals surface area contributed by atoms with Crippen molar-refractivity contribution in [1.29, 1.82) is 0 Å². The van der Waals surface area contributed by atoms with Gasteiger partial charge in [0.15, 0.2) is 0 Å². The van der Waals surface area contributed by atoms with E-state index in [1.165, 1.54) is 16.7 Å². The third-order valence-corrected chi connectivity index (χ3v) is 3.54. The van der Waals surface area contributed by atoms with Crippen molar-refractivity contribution in [1.82, 2.24) is 4.40 Å². The van der Waals surface area contributed by atoms with Crippen molar-refractivity contribution >= 4 is 11.2 Å². The van der Waals surface area contributed by atoms with Crippen molar-refractivity contribution in [2.45, 2.75) is 13.8 Å². The van der Waals surface area contributed by atoms with Crippen molar-refractivity contribution in [3.8, 4) is 11.1 Å². The van der Waals surface area contributed by atoms with E-state index in [1.807, 2.05) is 24.4 Å². The molecule has 90 valence electrons. The molecule has 0 saturated carbocycles. The first-order chi connectivity index (χ1) is 8.66. The first-order valence-corrected chi connectivity index (χ1v) is 6.09. The van der Waals surface area contributed by atoms with Crippen molar-refractivity contribution in [3.63, 3.8) is 0 Å². The van der Waals surface area contributed by atoms with Gasteiger partial charge in [0, 0.05) is 18.0 Å². The average molecular weight is 236 g/mol. The molecule has 0 bridgehead atoms. The topological polar surface area (TPSA) is 30.4 Å². The van der Waals surface area contributed by atoms with Crippen molar-refractivity contribution < 1.29 is 0 Å². The summed E-state index contributed by atoms with van der Waals surface area (Å²) in [6.45, 7) is 4.25. The summed E-state index contributed by atoms with van der Waals surface area (Å²) in [5.41, 5.74) is 13.0. The zero-order chi connectivity index (χ0) is 12.7. The van der Waals surface area contributed by atoms with E-state index in [2.05, 4.69) is 42.6 Å². The van der Waals surface area contributed by atoms with Crippen LogP contribution in [0.1, 0.15) is 11.1 Å². The van der Waals surface area contributed by atoms with Gasteiger partial charge in [0.2, 0.25) is 0 Å². The van der Waals surface area contributed by atoms with Gasteiger partial charge in [-0.15, -0.1) is 0 Å². The number of aryl methyl sites for hydroxylation is 2. The fraction of sp³-hybridized carbons (Fsp3) is 0.125. The Morgan fingerprint density at radius 1 is 1.00 bits per heavy atom. The lowest BCUT2D eigenvalue weighted by molar-refractivity contribution is 1.20. The molecule has 3 rings (SSSR count). The van der Waals surface area contributed by atoms with Gasteiger partial charge in [0.1, 0.15) is 0 Å². The maximum Gasteiger partial charge on any atom is 0.0687 e. The Balaban J connectivity index is 2.25. The predicted molar refractivity (Wildman–Crippen MR) is 76.7 cm³/mol. The van der Waals surface area contributed by atoms with E-state index in [4.69, 9.17) is 5.73 Å². The Hall–Kier alpha value is -2.22. The Morgan fingerprint density at radius 2 is 1.83 bits per heavy atom. The number of benzene rings is 1. The second-order valence-corrected chi connectivity index (χ2v) is 4.75. The summed E-state index contributed by atoms with van der Waals surface area (Å²) >= 11 is 0. The molecule has 0 atom stereocenters.